The van der Waals surface area contributed by atoms with E-state index in [1.807, 2.05) is 11.9 Å². The molecule has 27 heavy (non-hydrogen) atoms. The Morgan fingerprint density at radius 3 is 2.74 bits per heavy atom. The molecule has 0 aliphatic carbocycles. The van der Waals surface area contributed by atoms with E-state index in [9.17, 15) is 4.79 Å². The Hall–Kier alpha value is -1.89. The zero-order chi connectivity index (χ0) is 18.6. The summed E-state index contributed by atoms with van der Waals surface area (Å²) in [6.07, 6.45) is 1.03. The summed E-state index contributed by atoms with van der Waals surface area (Å²) in [4.78, 5) is 19.1. The first-order valence-electron chi connectivity index (χ1n) is 9.62. The Morgan fingerprint density at radius 1 is 1.15 bits per heavy atom. The molecule has 1 amide bonds. The monoisotopic (exact) mass is 385 g/mol. The van der Waals surface area contributed by atoms with Crippen molar-refractivity contribution < 1.29 is 9.53 Å². The fraction of sp³-hybridized carbons (Fsp3) is 0.476. The molecule has 2 aliphatic rings. The Kier molecular flexibility index (Phi) is 5.76. The standard InChI is InChI=1S/C21H27N3O2S/c1-22(13-18-5-11-27-16-18)21(25)15-24-8-6-23(7-9-24)14-17-2-3-20-19(12-17)4-10-26-20/h2-3,5,11-12,16H,4,6-10,13-15H2,1H3. The van der Waals surface area contributed by atoms with Gasteiger partial charge in [-0.2, -0.15) is 11.3 Å². The van der Waals surface area contributed by atoms with Gasteiger partial charge in [0.15, 0.2) is 0 Å². The third kappa shape index (κ3) is 4.69. The Bertz CT molecular complexity index is 770. The fourth-order valence-electron chi connectivity index (χ4n) is 3.76. The molecular weight excluding hydrogens is 358 g/mol. The Morgan fingerprint density at radius 2 is 1.96 bits per heavy atom. The molecule has 0 radical (unpaired) electrons. The highest BCUT2D eigenvalue weighted by molar-refractivity contribution is 7.07. The summed E-state index contributed by atoms with van der Waals surface area (Å²) in [5.41, 5.74) is 3.91. The van der Waals surface area contributed by atoms with Crippen LogP contribution >= 0.6 is 11.3 Å². The molecule has 2 aliphatic heterocycles. The van der Waals surface area contributed by atoms with Crippen molar-refractivity contribution in [2.75, 3.05) is 46.4 Å². The SMILES string of the molecule is CN(Cc1ccsc1)C(=O)CN1CCN(Cc2ccc3c(c2)CCO3)CC1. The summed E-state index contributed by atoms with van der Waals surface area (Å²) in [5.74, 6) is 1.25. The van der Waals surface area contributed by atoms with Crippen LogP contribution in [0, 0.1) is 0 Å². The molecule has 0 saturated carbocycles. The number of benzene rings is 1. The van der Waals surface area contributed by atoms with E-state index < -0.39 is 0 Å². The highest BCUT2D eigenvalue weighted by atomic mass is 32.1. The maximum absolute atomic E-state index is 12.5. The number of thiophene rings is 1. The average Bonchev–Trinajstić information content (AvgIpc) is 3.34. The van der Waals surface area contributed by atoms with E-state index >= 15 is 0 Å². The Labute approximate surface area is 165 Å². The molecule has 1 aromatic carbocycles. The highest BCUT2D eigenvalue weighted by Crippen LogP contribution is 2.26. The van der Waals surface area contributed by atoms with Crippen LogP contribution in [0.25, 0.3) is 0 Å². The number of amides is 1. The van der Waals surface area contributed by atoms with Crippen LogP contribution < -0.4 is 4.74 Å². The third-order valence-electron chi connectivity index (χ3n) is 5.41. The molecule has 1 aromatic heterocycles. The molecule has 6 heteroatoms. The van der Waals surface area contributed by atoms with Crippen molar-refractivity contribution in [1.29, 1.82) is 0 Å². The van der Waals surface area contributed by atoms with Gasteiger partial charge in [0, 0.05) is 52.7 Å². The van der Waals surface area contributed by atoms with Gasteiger partial charge >= 0.3 is 0 Å². The largest absolute Gasteiger partial charge is 0.493 e. The minimum absolute atomic E-state index is 0.202. The third-order valence-corrected chi connectivity index (χ3v) is 6.14. The molecule has 0 N–H and O–H groups in total. The first kappa shape index (κ1) is 18.5. The smallest absolute Gasteiger partial charge is 0.236 e. The molecular formula is C21H27N3O2S. The van der Waals surface area contributed by atoms with Crippen LogP contribution in [0.15, 0.2) is 35.0 Å². The summed E-state index contributed by atoms with van der Waals surface area (Å²) in [5, 5.41) is 4.16. The highest BCUT2D eigenvalue weighted by Gasteiger charge is 2.21. The van der Waals surface area contributed by atoms with Crippen LogP contribution in [0.2, 0.25) is 0 Å². The van der Waals surface area contributed by atoms with Crippen LogP contribution in [0.3, 0.4) is 0 Å². The number of hydrogen-bond acceptors (Lipinski definition) is 5. The summed E-state index contributed by atoms with van der Waals surface area (Å²) in [7, 11) is 1.90. The number of nitrogens with zero attached hydrogens (tertiary/aromatic N) is 3. The molecule has 5 nitrogen and oxygen atoms in total. The molecule has 0 atom stereocenters. The molecule has 4 rings (SSSR count). The minimum Gasteiger partial charge on any atom is -0.493 e. The van der Waals surface area contributed by atoms with Crippen LogP contribution in [-0.2, 0) is 24.3 Å². The van der Waals surface area contributed by atoms with Crippen molar-refractivity contribution in [3.05, 3.63) is 51.7 Å². The van der Waals surface area contributed by atoms with Crippen molar-refractivity contribution >= 4 is 17.2 Å². The van der Waals surface area contributed by atoms with Crippen LogP contribution in [-0.4, -0.2) is 67.0 Å². The summed E-state index contributed by atoms with van der Waals surface area (Å²) in [6, 6.07) is 8.66. The second-order valence-electron chi connectivity index (χ2n) is 7.47. The van der Waals surface area contributed by atoms with Gasteiger partial charge < -0.3 is 9.64 Å². The second-order valence-corrected chi connectivity index (χ2v) is 8.25. The fourth-order valence-corrected chi connectivity index (χ4v) is 4.42. The van der Waals surface area contributed by atoms with Gasteiger partial charge in [-0.1, -0.05) is 12.1 Å². The van der Waals surface area contributed by atoms with Gasteiger partial charge in [-0.3, -0.25) is 14.6 Å². The van der Waals surface area contributed by atoms with Gasteiger partial charge in [0.2, 0.25) is 5.91 Å². The van der Waals surface area contributed by atoms with Crippen LogP contribution in [0.1, 0.15) is 16.7 Å². The molecule has 1 saturated heterocycles. The van der Waals surface area contributed by atoms with Crippen LogP contribution in [0.4, 0.5) is 0 Å². The van der Waals surface area contributed by atoms with Crippen molar-refractivity contribution in [1.82, 2.24) is 14.7 Å². The second kappa shape index (κ2) is 8.42. The number of ether oxygens (including phenoxy) is 1. The number of likely N-dealkylation sites (N-methyl/N-ethyl adjacent to an activating group) is 1. The van der Waals surface area contributed by atoms with Crippen molar-refractivity contribution in [2.45, 2.75) is 19.5 Å². The maximum atomic E-state index is 12.5. The van der Waals surface area contributed by atoms with E-state index in [1.165, 1.54) is 16.7 Å². The molecule has 144 valence electrons. The summed E-state index contributed by atoms with van der Waals surface area (Å²) < 4.78 is 5.59. The zero-order valence-electron chi connectivity index (χ0n) is 15.9. The van der Waals surface area contributed by atoms with Gasteiger partial charge in [-0.25, -0.2) is 0 Å². The van der Waals surface area contributed by atoms with E-state index in [0.717, 1.165) is 51.5 Å². The quantitative estimate of drug-likeness (QED) is 0.765. The van der Waals surface area contributed by atoms with Gasteiger partial charge in [0.25, 0.3) is 0 Å². The van der Waals surface area contributed by atoms with Gasteiger partial charge in [-0.15, -0.1) is 0 Å². The lowest BCUT2D eigenvalue weighted by atomic mass is 10.1. The number of carbonyl (C=O) groups is 1. The number of hydrogen-bond donors (Lipinski definition) is 0. The normalized spacial score (nSPS) is 17.5. The topological polar surface area (TPSA) is 36.0 Å². The summed E-state index contributed by atoms with van der Waals surface area (Å²) in [6.45, 7) is 6.93. The molecule has 0 spiro atoms. The number of rotatable bonds is 6. The maximum Gasteiger partial charge on any atom is 0.236 e. The average molecular weight is 386 g/mol. The Balaban J connectivity index is 1.22. The number of piperazine rings is 1. The lowest BCUT2D eigenvalue weighted by Gasteiger charge is -2.35. The van der Waals surface area contributed by atoms with E-state index in [1.54, 1.807) is 11.3 Å². The van der Waals surface area contributed by atoms with E-state index in [0.29, 0.717) is 13.1 Å². The molecule has 3 heterocycles. The zero-order valence-corrected chi connectivity index (χ0v) is 16.7. The van der Waals surface area contributed by atoms with Gasteiger partial charge in [-0.05, 0) is 39.6 Å². The summed E-state index contributed by atoms with van der Waals surface area (Å²) >= 11 is 1.68. The van der Waals surface area contributed by atoms with E-state index in [2.05, 4.69) is 44.8 Å². The molecule has 1 fully saturated rings. The molecule has 0 bridgehead atoms. The predicted molar refractivity (Wildman–Crippen MR) is 108 cm³/mol. The minimum atomic E-state index is 0.202. The van der Waals surface area contributed by atoms with Crippen molar-refractivity contribution in [2.24, 2.45) is 0 Å². The molecule has 0 unspecified atom stereocenters. The molecule has 2 aromatic rings. The van der Waals surface area contributed by atoms with E-state index in [4.69, 9.17) is 4.74 Å². The van der Waals surface area contributed by atoms with Gasteiger partial charge in [0.1, 0.15) is 5.75 Å². The van der Waals surface area contributed by atoms with Gasteiger partial charge in [0.05, 0.1) is 13.2 Å². The number of fused-ring (bicyclic) bond motifs is 1. The lowest BCUT2D eigenvalue weighted by molar-refractivity contribution is -0.132. The lowest BCUT2D eigenvalue weighted by Crippen LogP contribution is -2.49. The predicted octanol–water partition coefficient (Wildman–Crippen LogP) is 2.46. The first-order chi connectivity index (χ1) is 13.2. The first-order valence-corrected chi connectivity index (χ1v) is 10.6. The van der Waals surface area contributed by atoms with Crippen LogP contribution in [0.5, 0.6) is 5.75 Å². The van der Waals surface area contributed by atoms with E-state index in [-0.39, 0.29) is 5.91 Å². The number of carbonyl (C=O) groups excluding carboxylic acids is 1. The van der Waals surface area contributed by atoms with Crippen molar-refractivity contribution in [3.8, 4) is 5.75 Å². The van der Waals surface area contributed by atoms with Crippen molar-refractivity contribution in [3.63, 3.8) is 0 Å².